The second-order valence-corrected chi connectivity index (χ2v) is 9.22. The van der Waals surface area contributed by atoms with Crippen molar-refractivity contribution >= 4 is 22.3 Å². The SMILES string of the molecule is Cc1ccnc2c1ncn2-c1cccc(C(C)(C)c2cccc(-n3cnc4c(C)ccnc43)n2)n1. The molecule has 172 valence electrons. The maximum Gasteiger partial charge on any atom is 0.165 e. The van der Waals surface area contributed by atoms with Gasteiger partial charge in [0.25, 0.3) is 0 Å². The first kappa shape index (κ1) is 21.1. The predicted molar refractivity (Wildman–Crippen MR) is 135 cm³/mol. The van der Waals surface area contributed by atoms with E-state index in [1.165, 1.54) is 0 Å². The molecule has 0 unspecified atom stereocenters. The van der Waals surface area contributed by atoms with Gasteiger partial charge in [0.2, 0.25) is 0 Å². The molecule has 0 aliphatic rings. The molecular formula is C27H24N8. The lowest BCUT2D eigenvalue weighted by Gasteiger charge is -2.24. The Morgan fingerprint density at radius 2 is 1.06 bits per heavy atom. The third kappa shape index (κ3) is 3.37. The summed E-state index contributed by atoms with van der Waals surface area (Å²) in [6.45, 7) is 8.34. The van der Waals surface area contributed by atoms with Crippen molar-refractivity contribution in [2.75, 3.05) is 0 Å². The Hall–Kier alpha value is -4.46. The van der Waals surface area contributed by atoms with Crippen LogP contribution in [0.15, 0.2) is 73.6 Å². The molecule has 0 aromatic carbocycles. The fraction of sp³-hybridized carbons (Fsp3) is 0.185. The molecule has 6 aromatic rings. The zero-order valence-electron chi connectivity index (χ0n) is 20.0. The highest BCUT2D eigenvalue weighted by atomic mass is 15.2. The molecule has 0 radical (unpaired) electrons. The van der Waals surface area contributed by atoms with Gasteiger partial charge in [-0.05, 0) is 75.2 Å². The molecule has 6 aromatic heterocycles. The molecule has 8 nitrogen and oxygen atoms in total. The first-order valence-electron chi connectivity index (χ1n) is 11.5. The first-order chi connectivity index (χ1) is 16.9. The van der Waals surface area contributed by atoms with Crippen LogP contribution in [0.25, 0.3) is 34.0 Å². The van der Waals surface area contributed by atoms with Crippen LogP contribution in [0.5, 0.6) is 0 Å². The molecule has 8 heteroatoms. The van der Waals surface area contributed by atoms with E-state index in [1.54, 1.807) is 25.0 Å². The summed E-state index contributed by atoms with van der Waals surface area (Å²) in [6, 6.07) is 16.0. The van der Waals surface area contributed by atoms with E-state index in [0.717, 1.165) is 56.5 Å². The summed E-state index contributed by atoms with van der Waals surface area (Å²) in [5, 5.41) is 0. The van der Waals surface area contributed by atoms with E-state index < -0.39 is 5.41 Å². The molecule has 0 atom stereocenters. The summed E-state index contributed by atoms with van der Waals surface area (Å²) < 4.78 is 3.86. The normalized spacial score (nSPS) is 12.0. The molecule has 0 saturated carbocycles. The number of nitrogens with zero attached hydrogens (tertiary/aromatic N) is 8. The van der Waals surface area contributed by atoms with Crippen molar-refractivity contribution in [2.24, 2.45) is 0 Å². The minimum Gasteiger partial charge on any atom is -0.267 e. The molecule has 0 aliphatic carbocycles. The average Bonchev–Trinajstić information content (AvgIpc) is 3.51. The van der Waals surface area contributed by atoms with E-state index in [-0.39, 0.29) is 0 Å². The summed E-state index contributed by atoms with van der Waals surface area (Å²) in [7, 11) is 0. The molecule has 6 heterocycles. The number of aryl methyl sites for hydroxylation is 2. The van der Waals surface area contributed by atoms with Crippen LogP contribution in [0.4, 0.5) is 0 Å². The van der Waals surface area contributed by atoms with Gasteiger partial charge >= 0.3 is 0 Å². The fourth-order valence-corrected chi connectivity index (χ4v) is 4.36. The highest BCUT2D eigenvalue weighted by Crippen LogP contribution is 2.31. The minimum atomic E-state index is -0.453. The monoisotopic (exact) mass is 460 g/mol. The van der Waals surface area contributed by atoms with Crippen LogP contribution >= 0.6 is 0 Å². The van der Waals surface area contributed by atoms with E-state index in [2.05, 4.69) is 33.8 Å². The summed E-state index contributed by atoms with van der Waals surface area (Å²) in [6.07, 6.45) is 7.16. The standard InChI is InChI=1S/C27H24N8/c1-17-11-13-28-25-23(17)30-15-34(25)21-9-5-7-19(32-21)27(3,4)20-8-6-10-22(33-20)35-16-31-24-18(2)12-14-29-26(24)35/h5-16H,1-4H3. The largest absolute Gasteiger partial charge is 0.267 e. The van der Waals surface area contributed by atoms with Gasteiger partial charge in [0.15, 0.2) is 11.3 Å². The molecule has 35 heavy (non-hydrogen) atoms. The van der Waals surface area contributed by atoms with E-state index in [4.69, 9.17) is 9.97 Å². The lowest BCUT2D eigenvalue weighted by atomic mass is 9.84. The summed E-state index contributed by atoms with van der Waals surface area (Å²) in [4.78, 5) is 28.2. The zero-order valence-corrected chi connectivity index (χ0v) is 20.0. The van der Waals surface area contributed by atoms with E-state index in [1.807, 2.05) is 71.5 Å². The van der Waals surface area contributed by atoms with Gasteiger partial charge in [-0.25, -0.2) is 29.9 Å². The van der Waals surface area contributed by atoms with Gasteiger partial charge in [0.1, 0.15) is 35.3 Å². The highest BCUT2D eigenvalue weighted by molar-refractivity contribution is 5.76. The third-order valence-corrected chi connectivity index (χ3v) is 6.52. The lowest BCUT2D eigenvalue weighted by Crippen LogP contribution is -2.23. The third-order valence-electron chi connectivity index (χ3n) is 6.52. The molecule has 0 fully saturated rings. The second kappa shape index (κ2) is 7.80. The Kier molecular flexibility index (Phi) is 4.70. The topological polar surface area (TPSA) is 87.2 Å². The number of imidazole rings is 2. The van der Waals surface area contributed by atoms with Crippen molar-refractivity contribution in [3.8, 4) is 11.6 Å². The van der Waals surface area contributed by atoms with Crippen LogP contribution in [0.3, 0.4) is 0 Å². The van der Waals surface area contributed by atoms with Crippen molar-refractivity contribution in [3.05, 3.63) is 96.1 Å². The summed E-state index contributed by atoms with van der Waals surface area (Å²) in [5.41, 5.74) is 6.87. The van der Waals surface area contributed by atoms with E-state index in [0.29, 0.717) is 0 Å². The van der Waals surface area contributed by atoms with Gasteiger partial charge in [-0.2, -0.15) is 0 Å². The number of hydrogen-bond acceptors (Lipinski definition) is 6. The van der Waals surface area contributed by atoms with Crippen LogP contribution in [0.1, 0.15) is 36.4 Å². The van der Waals surface area contributed by atoms with Crippen LogP contribution < -0.4 is 0 Å². The van der Waals surface area contributed by atoms with Gasteiger partial charge < -0.3 is 0 Å². The van der Waals surface area contributed by atoms with Gasteiger partial charge in [0.05, 0.1) is 11.4 Å². The Balaban J connectivity index is 1.42. The molecular weight excluding hydrogens is 436 g/mol. The van der Waals surface area contributed by atoms with Crippen molar-refractivity contribution in [1.29, 1.82) is 0 Å². The maximum atomic E-state index is 5.01. The number of hydrogen-bond donors (Lipinski definition) is 0. The van der Waals surface area contributed by atoms with Gasteiger partial charge in [0, 0.05) is 17.8 Å². The predicted octanol–water partition coefficient (Wildman–Crippen LogP) is 4.89. The quantitative estimate of drug-likeness (QED) is 0.372. The molecule has 0 aliphatic heterocycles. The second-order valence-electron chi connectivity index (χ2n) is 9.22. The first-order valence-corrected chi connectivity index (χ1v) is 11.5. The maximum absolute atomic E-state index is 5.01. The summed E-state index contributed by atoms with van der Waals surface area (Å²) >= 11 is 0. The molecule has 0 spiro atoms. The van der Waals surface area contributed by atoms with Crippen molar-refractivity contribution < 1.29 is 0 Å². The Morgan fingerprint density at radius 3 is 1.51 bits per heavy atom. The number of aromatic nitrogens is 8. The van der Waals surface area contributed by atoms with Crippen LogP contribution in [0, 0.1) is 13.8 Å². The Bertz CT molecular complexity index is 1580. The smallest absolute Gasteiger partial charge is 0.165 e. The van der Waals surface area contributed by atoms with Crippen molar-refractivity contribution in [1.82, 2.24) is 39.0 Å². The number of fused-ring (bicyclic) bond motifs is 2. The van der Waals surface area contributed by atoms with Gasteiger partial charge in [-0.1, -0.05) is 12.1 Å². The molecule has 0 amide bonds. The van der Waals surface area contributed by atoms with E-state index >= 15 is 0 Å². The van der Waals surface area contributed by atoms with Gasteiger partial charge in [-0.15, -0.1) is 0 Å². The molecule has 0 N–H and O–H groups in total. The zero-order chi connectivity index (χ0) is 24.2. The van der Waals surface area contributed by atoms with Crippen molar-refractivity contribution in [2.45, 2.75) is 33.1 Å². The minimum absolute atomic E-state index is 0.453. The van der Waals surface area contributed by atoms with Crippen LogP contribution in [-0.4, -0.2) is 39.0 Å². The van der Waals surface area contributed by atoms with Crippen LogP contribution in [0.2, 0.25) is 0 Å². The van der Waals surface area contributed by atoms with Gasteiger partial charge in [-0.3, -0.25) is 9.13 Å². The average molecular weight is 461 g/mol. The molecule has 0 saturated heterocycles. The Morgan fingerprint density at radius 1 is 0.600 bits per heavy atom. The lowest BCUT2D eigenvalue weighted by molar-refractivity contribution is 0.591. The fourth-order valence-electron chi connectivity index (χ4n) is 4.36. The molecule has 0 bridgehead atoms. The van der Waals surface area contributed by atoms with Crippen molar-refractivity contribution in [3.63, 3.8) is 0 Å². The van der Waals surface area contributed by atoms with Crippen LogP contribution in [-0.2, 0) is 5.41 Å². The van der Waals surface area contributed by atoms with E-state index in [9.17, 15) is 0 Å². The highest BCUT2D eigenvalue weighted by Gasteiger charge is 2.27. The summed E-state index contributed by atoms with van der Waals surface area (Å²) in [5.74, 6) is 1.54. The number of pyridine rings is 4. The Labute approximate surface area is 202 Å². The number of rotatable bonds is 4. The molecule has 6 rings (SSSR count).